The number of rotatable bonds is 1. The van der Waals surface area contributed by atoms with Gasteiger partial charge in [0.05, 0.1) is 15.7 Å². The predicted octanol–water partition coefficient (Wildman–Crippen LogP) is 4.41. The first-order chi connectivity index (χ1) is 7.58. The molecule has 0 fully saturated rings. The number of hydrogen-bond donors (Lipinski definition) is 0. The van der Waals surface area contributed by atoms with Crippen LogP contribution in [0.4, 0.5) is 0 Å². The smallest absolute Gasteiger partial charge is 0.129 e. The van der Waals surface area contributed by atoms with E-state index in [0.29, 0.717) is 15.2 Å². The van der Waals surface area contributed by atoms with Crippen molar-refractivity contribution in [2.45, 2.75) is 6.92 Å². The van der Waals surface area contributed by atoms with Crippen LogP contribution in [0, 0.1) is 6.92 Å². The van der Waals surface area contributed by atoms with Gasteiger partial charge in [-0.1, -0.05) is 34.8 Å². The van der Waals surface area contributed by atoms with Crippen molar-refractivity contribution in [1.29, 1.82) is 0 Å². The molecule has 0 N–H and O–H groups in total. The minimum Gasteiger partial charge on any atom is -0.259 e. The summed E-state index contributed by atoms with van der Waals surface area (Å²) in [4.78, 5) is 8.06. The summed E-state index contributed by atoms with van der Waals surface area (Å²) >= 11 is 17.8. The van der Waals surface area contributed by atoms with Crippen molar-refractivity contribution in [3.8, 4) is 11.1 Å². The standard InChI is InChI=1S/C11H7Cl3N2/c1-6-9(12)2-7(4-15-6)8-3-11(14)16-5-10(8)13/h2-5H,1H3. The largest absolute Gasteiger partial charge is 0.259 e. The fourth-order valence-corrected chi connectivity index (χ4v) is 1.82. The molecule has 0 radical (unpaired) electrons. The van der Waals surface area contributed by atoms with Gasteiger partial charge >= 0.3 is 0 Å². The maximum atomic E-state index is 6.03. The summed E-state index contributed by atoms with van der Waals surface area (Å²) in [5.74, 6) is 0. The average molecular weight is 274 g/mol. The second kappa shape index (κ2) is 4.58. The molecule has 2 aromatic heterocycles. The fraction of sp³-hybridized carbons (Fsp3) is 0.0909. The molecule has 0 bridgehead atoms. The topological polar surface area (TPSA) is 25.8 Å². The molecule has 2 heterocycles. The van der Waals surface area contributed by atoms with E-state index in [1.165, 1.54) is 6.20 Å². The fourth-order valence-electron chi connectivity index (χ4n) is 1.29. The average Bonchev–Trinajstić information content (AvgIpc) is 2.26. The molecular weight excluding hydrogens is 266 g/mol. The molecule has 0 aliphatic rings. The normalized spacial score (nSPS) is 10.5. The molecule has 0 aliphatic carbocycles. The summed E-state index contributed by atoms with van der Waals surface area (Å²) < 4.78 is 0. The predicted molar refractivity (Wildman–Crippen MR) is 67.2 cm³/mol. The lowest BCUT2D eigenvalue weighted by molar-refractivity contribution is 1.20. The van der Waals surface area contributed by atoms with Gasteiger partial charge < -0.3 is 0 Å². The zero-order valence-corrected chi connectivity index (χ0v) is 10.6. The Labute approximate surface area is 108 Å². The van der Waals surface area contributed by atoms with E-state index in [1.807, 2.05) is 6.92 Å². The van der Waals surface area contributed by atoms with Crippen molar-refractivity contribution in [3.63, 3.8) is 0 Å². The van der Waals surface area contributed by atoms with Gasteiger partial charge in [0.1, 0.15) is 5.15 Å². The van der Waals surface area contributed by atoms with Gasteiger partial charge in [0, 0.05) is 23.5 Å². The van der Waals surface area contributed by atoms with E-state index >= 15 is 0 Å². The van der Waals surface area contributed by atoms with E-state index in [0.717, 1.165) is 16.8 Å². The summed E-state index contributed by atoms with van der Waals surface area (Å²) in [5, 5.41) is 1.50. The molecule has 2 nitrogen and oxygen atoms in total. The molecular formula is C11H7Cl3N2. The van der Waals surface area contributed by atoms with Crippen molar-refractivity contribution in [2.24, 2.45) is 0 Å². The lowest BCUT2D eigenvalue weighted by Crippen LogP contribution is -1.87. The van der Waals surface area contributed by atoms with Gasteiger partial charge in [0.15, 0.2) is 0 Å². The van der Waals surface area contributed by atoms with E-state index in [1.54, 1.807) is 18.3 Å². The third-order valence-corrected chi connectivity index (χ3v) is 3.05. The van der Waals surface area contributed by atoms with Crippen LogP contribution < -0.4 is 0 Å². The molecule has 82 valence electrons. The monoisotopic (exact) mass is 272 g/mol. The number of aryl methyl sites for hydroxylation is 1. The van der Waals surface area contributed by atoms with E-state index in [9.17, 15) is 0 Å². The van der Waals surface area contributed by atoms with Crippen molar-refractivity contribution in [2.75, 3.05) is 0 Å². The van der Waals surface area contributed by atoms with Crippen LogP contribution >= 0.6 is 34.8 Å². The molecule has 0 unspecified atom stereocenters. The first-order valence-electron chi connectivity index (χ1n) is 4.51. The second-order valence-corrected chi connectivity index (χ2v) is 4.48. The summed E-state index contributed by atoms with van der Waals surface area (Å²) in [6, 6.07) is 3.49. The first kappa shape index (κ1) is 11.6. The molecule has 0 saturated carbocycles. The van der Waals surface area contributed by atoms with Crippen LogP contribution in [0.5, 0.6) is 0 Å². The molecule has 0 aromatic carbocycles. The Kier molecular flexibility index (Phi) is 3.33. The highest BCUT2D eigenvalue weighted by Crippen LogP contribution is 2.30. The second-order valence-electron chi connectivity index (χ2n) is 3.28. The van der Waals surface area contributed by atoms with Crippen molar-refractivity contribution >= 4 is 34.8 Å². The Hall–Kier alpha value is -0.830. The lowest BCUT2D eigenvalue weighted by atomic mass is 10.1. The van der Waals surface area contributed by atoms with Crippen LogP contribution in [0.25, 0.3) is 11.1 Å². The van der Waals surface area contributed by atoms with Gasteiger partial charge in [-0.15, -0.1) is 0 Å². The third kappa shape index (κ3) is 2.29. The molecule has 0 saturated heterocycles. The molecule has 5 heteroatoms. The Morgan fingerprint density at radius 1 is 0.938 bits per heavy atom. The Morgan fingerprint density at radius 3 is 2.38 bits per heavy atom. The highest BCUT2D eigenvalue weighted by atomic mass is 35.5. The number of pyridine rings is 2. The van der Waals surface area contributed by atoms with Gasteiger partial charge in [-0.3, -0.25) is 4.98 Å². The minimum atomic E-state index is 0.385. The molecule has 0 spiro atoms. The Bertz CT molecular complexity index is 541. The molecule has 2 aromatic rings. The van der Waals surface area contributed by atoms with Crippen molar-refractivity contribution in [1.82, 2.24) is 9.97 Å². The van der Waals surface area contributed by atoms with Crippen molar-refractivity contribution in [3.05, 3.63) is 45.4 Å². The van der Waals surface area contributed by atoms with E-state index in [-0.39, 0.29) is 0 Å². The van der Waals surface area contributed by atoms with Gasteiger partial charge in [0.2, 0.25) is 0 Å². The summed E-state index contributed by atoms with van der Waals surface area (Å²) in [6.45, 7) is 1.84. The number of nitrogens with zero attached hydrogens (tertiary/aromatic N) is 2. The van der Waals surface area contributed by atoms with Gasteiger partial charge in [0.25, 0.3) is 0 Å². The van der Waals surface area contributed by atoms with Gasteiger partial charge in [-0.05, 0) is 19.1 Å². The maximum absolute atomic E-state index is 6.03. The van der Waals surface area contributed by atoms with Crippen LogP contribution in [0.2, 0.25) is 15.2 Å². The summed E-state index contributed by atoms with van der Waals surface area (Å²) in [6.07, 6.45) is 3.21. The minimum absolute atomic E-state index is 0.385. The van der Waals surface area contributed by atoms with Gasteiger partial charge in [-0.25, -0.2) is 4.98 Å². The first-order valence-corrected chi connectivity index (χ1v) is 5.65. The quantitative estimate of drug-likeness (QED) is 0.719. The summed E-state index contributed by atoms with van der Waals surface area (Å²) in [5.41, 5.74) is 2.38. The van der Waals surface area contributed by atoms with Crippen LogP contribution in [-0.4, -0.2) is 9.97 Å². The maximum Gasteiger partial charge on any atom is 0.129 e. The highest BCUT2D eigenvalue weighted by molar-refractivity contribution is 6.35. The SMILES string of the molecule is Cc1ncc(-c2cc(Cl)ncc2Cl)cc1Cl. The number of hydrogen-bond acceptors (Lipinski definition) is 2. The summed E-state index contributed by atoms with van der Waals surface area (Å²) in [7, 11) is 0. The lowest BCUT2D eigenvalue weighted by Gasteiger charge is -2.05. The van der Waals surface area contributed by atoms with E-state index < -0.39 is 0 Å². The van der Waals surface area contributed by atoms with E-state index in [4.69, 9.17) is 34.8 Å². The number of halogens is 3. The molecule has 2 rings (SSSR count). The van der Waals surface area contributed by atoms with Crippen LogP contribution in [0.3, 0.4) is 0 Å². The van der Waals surface area contributed by atoms with Crippen LogP contribution in [-0.2, 0) is 0 Å². The third-order valence-electron chi connectivity index (χ3n) is 2.16. The molecule has 0 amide bonds. The molecule has 0 atom stereocenters. The zero-order valence-electron chi connectivity index (χ0n) is 8.34. The molecule has 16 heavy (non-hydrogen) atoms. The molecule has 0 aliphatic heterocycles. The van der Waals surface area contributed by atoms with Crippen LogP contribution in [0.15, 0.2) is 24.5 Å². The Balaban J connectivity index is 2.58. The Morgan fingerprint density at radius 2 is 1.69 bits per heavy atom. The highest BCUT2D eigenvalue weighted by Gasteiger charge is 2.07. The van der Waals surface area contributed by atoms with E-state index in [2.05, 4.69) is 9.97 Å². The van der Waals surface area contributed by atoms with Crippen molar-refractivity contribution < 1.29 is 0 Å². The van der Waals surface area contributed by atoms with Crippen LogP contribution in [0.1, 0.15) is 5.69 Å². The van der Waals surface area contributed by atoms with Gasteiger partial charge in [-0.2, -0.15) is 0 Å². The zero-order chi connectivity index (χ0) is 11.7. The number of aromatic nitrogens is 2.